The molecular formula is C100H178O9. The number of ketones is 2. The van der Waals surface area contributed by atoms with Gasteiger partial charge in [0.15, 0.2) is 0 Å². The number of benzene rings is 9. The van der Waals surface area contributed by atoms with Crippen LogP contribution in [0.15, 0.2) is 285 Å². The molecule has 9 aromatic rings. The van der Waals surface area contributed by atoms with Gasteiger partial charge in [-0.3, -0.25) is 4.79 Å². The number of aliphatic hydroxyl groups is 1. The molecule has 9 nitrogen and oxygen atoms in total. The number of aliphatic hydroxyl groups excluding tert-OH is 1. The van der Waals surface area contributed by atoms with Gasteiger partial charge in [-0.15, -0.1) is 0 Å². The number of hydrogen-bond donors (Lipinski definition) is 2. The molecule has 0 unspecified atom stereocenters. The number of Topliss-reactive ketones (excluding diaryl/α,β-unsaturated/α-hetero) is 2. The summed E-state index contributed by atoms with van der Waals surface area (Å²) in [6.07, 6.45) is 0. The molecule has 0 fully saturated rings. The van der Waals surface area contributed by atoms with Crippen LogP contribution < -0.4 is 14.2 Å². The average Bonchev–Trinajstić information content (AvgIpc) is 0.933. The van der Waals surface area contributed by atoms with Gasteiger partial charge >= 0.3 is 5.97 Å². The smallest absolute Gasteiger partial charge is 0.302 e. The van der Waals surface area contributed by atoms with Crippen LogP contribution in [0, 0.1) is 0 Å². The summed E-state index contributed by atoms with van der Waals surface area (Å²) in [5.41, 5.74) is 0. The molecule has 9 aromatic carbocycles. The second-order valence-corrected chi connectivity index (χ2v) is 14.3. The van der Waals surface area contributed by atoms with Gasteiger partial charge in [-0.1, -0.05) is 449 Å². The van der Waals surface area contributed by atoms with Gasteiger partial charge in [0.25, 0.3) is 0 Å². The molecule has 0 aromatic heterocycles. The van der Waals surface area contributed by atoms with Crippen LogP contribution in [0.3, 0.4) is 0 Å². The van der Waals surface area contributed by atoms with E-state index in [1.165, 1.54) is 41.7 Å². The van der Waals surface area contributed by atoms with Crippen molar-refractivity contribution in [3.63, 3.8) is 0 Å². The molecule has 9 rings (SSSR count). The van der Waals surface area contributed by atoms with Crippen LogP contribution in [0.4, 0.5) is 0 Å². The van der Waals surface area contributed by atoms with Crippen LogP contribution in [0.25, 0.3) is 0 Å². The van der Waals surface area contributed by atoms with E-state index >= 15 is 0 Å². The third-order valence-corrected chi connectivity index (χ3v) is 7.54. The number of methoxy groups -OCH3 is 1. The quantitative estimate of drug-likeness (QED) is 0.156. The van der Waals surface area contributed by atoms with Crippen LogP contribution in [0.5, 0.6) is 40.2 Å². The molecule has 0 spiro atoms. The molecule has 0 bridgehead atoms. The van der Waals surface area contributed by atoms with Crippen molar-refractivity contribution in [1.82, 2.24) is 0 Å². The van der Waals surface area contributed by atoms with Gasteiger partial charge in [0.05, 0.1) is 7.11 Å². The summed E-state index contributed by atoms with van der Waals surface area (Å²) in [4.78, 5) is 28.5. The van der Waals surface area contributed by atoms with E-state index in [2.05, 4.69) is 4.74 Å². The van der Waals surface area contributed by atoms with Crippen molar-refractivity contribution in [2.45, 2.75) is 284 Å². The Morgan fingerprint density at radius 3 is 0.330 bits per heavy atom. The third kappa shape index (κ3) is 175. The minimum Gasteiger partial charge on any atom is -0.508 e. The minimum absolute atomic E-state index is 0.167. The Bertz CT molecular complexity index is 2160. The normalized spacial score (nSPS) is 6.68. The number of esters is 1. The Kier molecular flexibility index (Phi) is 251. The van der Waals surface area contributed by atoms with Crippen LogP contribution in [-0.4, -0.2) is 42.0 Å². The topological polar surface area (TPSA) is 129 Å². The lowest BCUT2D eigenvalue weighted by molar-refractivity contribution is -0.138. The fourth-order valence-corrected chi connectivity index (χ4v) is 4.54. The lowest BCUT2D eigenvalue weighted by Gasteiger charge is -2.03. The molecule has 0 amide bonds. The fraction of sp³-hybridized carbons (Fsp3) is 0.430. The Morgan fingerprint density at radius 1 is 0.193 bits per heavy atom. The van der Waals surface area contributed by atoms with Crippen molar-refractivity contribution >= 4 is 17.5 Å². The summed E-state index contributed by atoms with van der Waals surface area (Å²) in [6, 6.07) is 91.3. The second kappa shape index (κ2) is 183. The molecule has 0 atom stereocenters. The van der Waals surface area contributed by atoms with E-state index in [0.29, 0.717) is 5.75 Å². The molecular weight excluding hydrogens is 1350 g/mol. The van der Waals surface area contributed by atoms with E-state index < -0.39 is 0 Å². The zero-order valence-electron chi connectivity index (χ0n) is 78.9. The maximum Gasteiger partial charge on any atom is 0.302 e. The fourth-order valence-electron chi connectivity index (χ4n) is 4.54. The van der Waals surface area contributed by atoms with E-state index in [1.807, 2.05) is 510 Å². The third-order valence-electron chi connectivity index (χ3n) is 7.54. The second-order valence-electron chi connectivity index (χ2n) is 14.3. The van der Waals surface area contributed by atoms with Gasteiger partial charge < -0.3 is 38.7 Å². The van der Waals surface area contributed by atoms with Gasteiger partial charge in [0.2, 0.25) is 0 Å². The summed E-state index contributed by atoms with van der Waals surface area (Å²) in [6.45, 7) is 79.5. The van der Waals surface area contributed by atoms with Crippen LogP contribution in [-0.2, 0) is 19.1 Å². The summed E-state index contributed by atoms with van der Waals surface area (Å²) < 4.78 is 20.8. The first-order chi connectivity index (χ1) is 53.5. The first kappa shape index (κ1) is 149. The molecule has 632 valence electrons. The summed E-state index contributed by atoms with van der Waals surface area (Å²) in [5.74, 6) is 5.62. The van der Waals surface area contributed by atoms with Gasteiger partial charge in [-0.2, -0.15) is 0 Å². The number of carbonyl (C=O) groups is 3. The molecule has 9 heteroatoms. The highest BCUT2D eigenvalue weighted by molar-refractivity contribution is 5.72. The summed E-state index contributed by atoms with van der Waals surface area (Å²) >= 11 is 0. The summed E-state index contributed by atoms with van der Waals surface area (Å²) in [5, 5.41) is 15.6. The number of carbonyl (C=O) groups excluding carboxylic acids is 3. The highest BCUT2D eigenvalue weighted by atomic mass is 16.5. The molecule has 0 aliphatic carbocycles. The van der Waals surface area contributed by atoms with Crippen molar-refractivity contribution in [3.05, 3.63) is 285 Å². The predicted molar refractivity (Wildman–Crippen MR) is 503 cm³/mol. The standard InChI is InChI=1S/3C12H10O.C6H6O.2C6H6.C3H6O2.2C3H6O.18C2H6.CH4O/c3*1-3-7-11(8-4-1)13-12-9-5-2-6-10-12;7-6-4-2-1-3-5-6;2*1-2-4-6-5-3-1;1-3(4)5-2;2*1-3(2)4;19*1-2/h3*1-10H;1-5,7H;2*1-6H;1-2H3;2*1-2H3;18*1-2H3;2H,1H3. The highest BCUT2D eigenvalue weighted by Gasteiger charge is 1.95. The first-order valence-corrected chi connectivity index (χ1v) is 41.0. The lowest BCUT2D eigenvalue weighted by atomic mass is 10.3. The number of rotatable bonds is 6. The van der Waals surface area contributed by atoms with Crippen molar-refractivity contribution in [2.24, 2.45) is 0 Å². The maximum absolute atomic E-state index is 9.59. The molecule has 0 aliphatic rings. The molecule has 2 N–H and O–H groups in total. The molecule has 109 heavy (non-hydrogen) atoms. The van der Waals surface area contributed by atoms with E-state index in [4.69, 9.17) is 24.4 Å². The Balaban J connectivity index is -0.0000000474. The zero-order chi connectivity index (χ0) is 89.8. The Labute approximate surface area is 680 Å². The van der Waals surface area contributed by atoms with Gasteiger partial charge in [0.1, 0.15) is 51.8 Å². The van der Waals surface area contributed by atoms with E-state index in [1.54, 1.807) is 24.3 Å². The summed E-state index contributed by atoms with van der Waals surface area (Å²) in [7, 11) is 2.35. The van der Waals surface area contributed by atoms with E-state index in [0.717, 1.165) is 41.6 Å². The van der Waals surface area contributed by atoms with Gasteiger partial charge in [-0.05, 0) is 113 Å². The molecule has 0 heterocycles. The Morgan fingerprint density at radius 2 is 0.266 bits per heavy atom. The first-order valence-electron chi connectivity index (χ1n) is 41.0. The van der Waals surface area contributed by atoms with E-state index in [9.17, 15) is 14.4 Å². The largest absolute Gasteiger partial charge is 0.508 e. The predicted octanol–water partition coefficient (Wildman–Crippen LogP) is 34.7. The van der Waals surface area contributed by atoms with Crippen molar-refractivity contribution in [3.8, 4) is 40.2 Å². The molecule has 0 aliphatic heterocycles. The SMILES string of the molecule is CC.CC.CC.CC.CC.CC.CC.CC.CC.CC.CC.CC.CC.CC.CC.CC.CC.CC.CC(C)=O.CC(C)=O.CO.COC(C)=O.Oc1ccccc1.c1ccc(Oc2ccccc2)cc1.c1ccc(Oc2ccccc2)cc1.c1ccc(Oc2ccccc2)cc1.c1ccccc1.c1ccccc1. The van der Waals surface area contributed by atoms with Crippen LogP contribution >= 0.6 is 0 Å². The number of para-hydroxylation sites is 7. The van der Waals surface area contributed by atoms with Crippen LogP contribution in [0.1, 0.15) is 284 Å². The highest BCUT2D eigenvalue weighted by Crippen LogP contribution is 2.21. The molecule has 0 radical (unpaired) electrons. The molecule has 0 saturated carbocycles. The zero-order valence-corrected chi connectivity index (χ0v) is 78.9. The monoisotopic (exact) mass is 1520 g/mol. The number of aromatic hydroxyl groups is 1. The number of ether oxygens (including phenoxy) is 4. The number of phenolic OH excluding ortho intramolecular Hbond substituents is 1. The van der Waals surface area contributed by atoms with Crippen LogP contribution in [0.2, 0.25) is 0 Å². The average molecular weight is 1520 g/mol. The lowest BCUT2D eigenvalue weighted by Crippen LogP contribution is -1.88. The molecule has 0 saturated heterocycles. The number of hydrogen-bond acceptors (Lipinski definition) is 9. The van der Waals surface area contributed by atoms with Gasteiger partial charge in [0, 0.05) is 14.0 Å². The van der Waals surface area contributed by atoms with Crippen molar-refractivity contribution in [2.75, 3.05) is 14.2 Å². The number of phenols is 1. The van der Waals surface area contributed by atoms with Crippen molar-refractivity contribution < 1.29 is 43.5 Å². The van der Waals surface area contributed by atoms with Gasteiger partial charge in [-0.25, -0.2) is 0 Å². The maximum atomic E-state index is 9.59. The van der Waals surface area contributed by atoms with Crippen molar-refractivity contribution in [1.29, 1.82) is 0 Å². The Hall–Kier alpha value is -9.05. The minimum atomic E-state index is -0.245. The van der Waals surface area contributed by atoms with E-state index in [-0.39, 0.29) is 17.5 Å².